The minimum absolute atomic E-state index is 0.00369. The molecule has 1 saturated carbocycles. The topological polar surface area (TPSA) is 340 Å². The van der Waals surface area contributed by atoms with Crippen LogP contribution in [-0.4, -0.2) is 181 Å². The zero-order valence-corrected chi connectivity index (χ0v) is 27.2. The first-order valence-electron chi connectivity index (χ1n) is 16.6. The van der Waals surface area contributed by atoms with E-state index in [4.69, 9.17) is 52.0 Å². The molecule has 0 aromatic heterocycles. The monoisotopic (exact) mass is 711 g/mol. The summed E-state index contributed by atoms with van der Waals surface area (Å²) in [5.74, 6) is -1.15. The highest BCUT2D eigenvalue weighted by atomic mass is 19.1. The second-order valence-electron chi connectivity index (χ2n) is 12.8. The third-order valence-corrected chi connectivity index (χ3v) is 9.17. The van der Waals surface area contributed by atoms with Crippen molar-refractivity contribution in [2.24, 2.45) is 22.9 Å². The van der Waals surface area contributed by atoms with Crippen molar-refractivity contribution in [2.45, 2.75) is 117 Å². The molecule has 18 N–H and O–H groups in total. The van der Waals surface area contributed by atoms with E-state index in [-0.39, 0.29) is 51.0 Å². The zero-order chi connectivity index (χ0) is 35.8. The van der Waals surface area contributed by atoms with Crippen LogP contribution < -0.4 is 44.2 Å². The summed E-state index contributed by atoms with van der Waals surface area (Å²) in [5.41, 5.74) is 23.6. The Balaban J connectivity index is 1.52. The average molecular weight is 712 g/mol. The summed E-state index contributed by atoms with van der Waals surface area (Å²) < 4.78 is 45.5. The van der Waals surface area contributed by atoms with Crippen LogP contribution in [0.1, 0.15) is 19.3 Å². The molecule has 1 amide bonds. The highest BCUT2D eigenvalue weighted by molar-refractivity contribution is 5.80. The van der Waals surface area contributed by atoms with E-state index >= 15 is 4.39 Å². The van der Waals surface area contributed by atoms with Crippen molar-refractivity contribution in [3.8, 4) is 0 Å². The normalized spacial score (nSPS) is 42.2. The van der Waals surface area contributed by atoms with Crippen LogP contribution >= 0.6 is 0 Å². The number of nitrogens with two attached hydrogens (primary N) is 4. The van der Waals surface area contributed by atoms with Crippen molar-refractivity contribution in [1.82, 2.24) is 21.3 Å². The first-order chi connectivity index (χ1) is 23.4. The number of hydrogen-bond donors (Lipinski definition) is 14. The first kappa shape index (κ1) is 39.8. The molecule has 20 nitrogen and oxygen atoms in total. The molecule has 3 heterocycles. The predicted octanol–water partition coefficient (Wildman–Crippen LogP) is -7.31. The van der Waals surface area contributed by atoms with Crippen LogP contribution in [0.15, 0.2) is 0 Å². The molecular weight excluding hydrogens is 657 g/mol. The first-order valence-corrected chi connectivity index (χ1v) is 16.6. The van der Waals surface area contributed by atoms with Crippen molar-refractivity contribution in [2.75, 3.05) is 45.9 Å². The van der Waals surface area contributed by atoms with Gasteiger partial charge in [-0.3, -0.25) is 10.2 Å². The summed E-state index contributed by atoms with van der Waals surface area (Å²) in [4.78, 5) is 12.8. The van der Waals surface area contributed by atoms with Crippen LogP contribution in [0.5, 0.6) is 0 Å². The fraction of sp³-hybridized carbons (Fsp3) is 0.929. The quantitative estimate of drug-likeness (QED) is 0.0623. The van der Waals surface area contributed by atoms with Gasteiger partial charge in [0.05, 0.1) is 49.7 Å². The molecule has 8 unspecified atom stereocenters. The summed E-state index contributed by atoms with van der Waals surface area (Å²) >= 11 is 0. The van der Waals surface area contributed by atoms with Crippen LogP contribution in [0.2, 0.25) is 0 Å². The largest absolute Gasteiger partial charge is 0.394 e. The predicted molar refractivity (Wildman–Crippen MR) is 168 cm³/mol. The van der Waals surface area contributed by atoms with Crippen LogP contribution in [0.25, 0.3) is 0 Å². The van der Waals surface area contributed by atoms with Crippen molar-refractivity contribution in [1.29, 1.82) is 5.41 Å². The molecule has 0 spiro atoms. The Bertz CT molecular complexity index is 1060. The van der Waals surface area contributed by atoms with E-state index < -0.39 is 104 Å². The number of ether oxygens (including phenoxy) is 5. The van der Waals surface area contributed by atoms with Crippen molar-refractivity contribution in [3.63, 3.8) is 0 Å². The van der Waals surface area contributed by atoms with Crippen molar-refractivity contribution < 1.29 is 58.4 Å². The van der Waals surface area contributed by atoms with E-state index in [2.05, 4.69) is 21.3 Å². The van der Waals surface area contributed by atoms with Crippen LogP contribution in [0.3, 0.4) is 0 Å². The second kappa shape index (κ2) is 18.5. The Morgan fingerprint density at radius 2 is 1.73 bits per heavy atom. The van der Waals surface area contributed by atoms with E-state index in [1.807, 2.05) is 0 Å². The summed E-state index contributed by atoms with van der Waals surface area (Å²) in [7, 11) is 0. The maximum absolute atomic E-state index is 16.6. The van der Waals surface area contributed by atoms with E-state index in [1.54, 1.807) is 0 Å². The lowest BCUT2D eigenvalue weighted by Gasteiger charge is -2.48. The van der Waals surface area contributed by atoms with Gasteiger partial charge < -0.3 is 93.4 Å². The molecule has 0 radical (unpaired) electrons. The molecule has 16 atom stereocenters. The number of hydrogen-bond acceptors (Lipinski definition) is 17. The SMILES string of the molecule is N=C(NC[C@@H]1CNCCO1)NC1C(O)[C@@H](CO)OC(OC2C(F)[C@H](O[C@H]3OC(CN)[C@@H](O)CC3N)C(N)C[C@H]2NC(=O)[C@@H](O)CCN)[C@@H]1O. The second-order valence-corrected chi connectivity index (χ2v) is 12.8. The maximum Gasteiger partial charge on any atom is 0.249 e. The molecule has 3 aliphatic heterocycles. The van der Waals surface area contributed by atoms with E-state index in [0.717, 1.165) is 0 Å². The standard InChI is InChI=1S/C28H54FN9O11/c29-19-23(48-26-13(33)6-16(41)17(7-31)46-26)12(32)5-14(37-25(44)15(40)1-2-30)24(19)49-27-22(43)20(21(42)18(10-39)47-27)38-28(34)36-9-11-8-35-3-4-45-11/h11-24,26-27,35,39-43H,1-10,30-33H2,(H,37,44)(H3,34,36,38)/t11-,12?,13?,14+,15-,16-,17?,18+,19?,20?,21?,22+,23+,24?,26+,27?/m0/s1. The Labute approximate surface area is 283 Å². The van der Waals surface area contributed by atoms with Gasteiger partial charge in [-0.2, -0.15) is 0 Å². The Kier molecular flexibility index (Phi) is 15.1. The number of alkyl halides is 1. The number of carbonyl (C=O) groups is 1. The van der Waals surface area contributed by atoms with Gasteiger partial charge >= 0.3 is 0 Å². The Morgan fingerprint density at radius 1 is 1.02 bits per heavy atom. The van der Waals surface area contributed by atoms with Crippen molar-refractivity contribution in [3.05, 3.63) is 0 Å². The van der Waals surface area contributed by atoms with Gasteiger partial charge in [0.25, 0.3) is 0 Å². The highest BCUT2D eigenvalue weighted by Gasteiger charge is 2.53. The number of rotatable bonds is 13. The fourth-order valence-corrected chi connectivity index (χ4v) is 6.38. The molecule has 0 aromatic rings. The molecular formula is C28H54FN9O11. The number of aliphatic hydroxyl groups excluding tert-OH is 5. The summed E-state index contributed by atoms with van der Waals surface area (Å²) in [6.07, 6.45) is -16.5. The third kappa shape index (κ3) is 10.1. The number of morpholine rings is 1. The number of halogens is 1. The van der Waals surface area contributed by atoms with E-state index in [0.29, 0.717) is 19.7 Å². The van der Waals surface area contributed by atoms with Crippen LogP contribution in [0.4, 0.5) is 4.39 Å². The van der Waals surface area contributed by atoms with Gasteiger partial charge in [0.2, 0.25) is 5.91 Å². The zero-order valence-electron chi connectivity index (χ0n) is 27.2. The lowest BCUT2D eigenvalue weighted by Crippen LogP contribution is -2.69. The number of nitrogens with one attached hydrogen (secondary N) is 5. The molecule has 49 heavy (non-hydrogen) atoms. The molecule has 0 bridgehead atoms. The molecule has 1 aliphatic carbocycles. The van der Waals surface area contributed by atoms with Gasteiger partial charge in [-0.15, -0.1) is 0 Å². The number of amides is 1. The average Bonchev–Trinajstić information content (AvgIpc) is 3.08. The number of guanidine groups is 1. The van der Waals surface area contributed by atoms with Gasteiger partial charge in [0, 0.05) is 32.2 Å². The fourth-order valence-electron chi connectivity index (χ4n) is 6.38. The van der Waals surface area contributed by atoms with Crippen molar-refractivity contribution >= 4 is 11.9 Å². The molecule has 21 heteroatoms. The van der Waals surface area contributed by atoms with Gasteiger partial charge in [-0.05, 0) is 25.8 Å². The van der Waals surface area contributed by atoms with Gasteiger partial charge in [0.15, 0.2) is 24.7 Å². The summed E-state index contributed by atoms with van der Waals surface area (Å²) in [6.45, 7) is 1.21. The lowest BCUT2D eigenvalue weighted by molar-refractivity contribution is -0.311. The molecule has 0 aromatic carbocycles. The minimum Gasteiger partial charge on any atom is -0.394 e. The molecule has 284 valence electrons. The number of carbonyl (C=O) groups excluding carboxylic acids is 1. The molecule has 4 aliphatic rings. The Morgan fingerprint density at radius 3 is 2.39 bits per heavy atom. The molecule has 4 rings (SSSR count). The summed E-state index contributed by atoms with van der Waals surface area (Å²) in [5, 5.41) is 72.1. The third-order valence-electron chi connectivity index (χ3n) is 9.17. The number of aliphatic hydroxyl groups is 5. The van der Waals surface area contributed by atoms with Gasteiger partial charge in [-0.1, -0.05) is 0 Å². The summed E-state index contributed by atoms with van der Waals surface area (Å²) in [6, 6.07) is -4.48. The van der Waals surface area contributed by atoms with E-state index in [9.17, 15) is 30.3 Å². The van der Waals surface area contributed by atoms with Crippen LogP contribution in [0, 0.1) is 5.41 Å². The maximum atomic E-state index is 16.6. The van der Waals surface area contributed by atoms with Gasteiger partial charge in [0.1, 0.15) is 36.6 Å². The lowest BCUT2D eigenvalue weighted by atomic mass is 9.84. The smallest absolute Gasteiger partial charge is 0.249 e. The Hall–Kier alpha value is -1.93. The highest BCUT2D eigenvalue weighted by Crippen LogP contribution is 2.33. The van der Waals surface area contributed by atoms with E-state index in [1.165, 1.54) is 0 Å². The molecule has 3 saturated heterocycles. The van der Waals surface area contributed by atoms with Gasteiger partial charge in [-0.25, -0.2) is 4.39 Å². The van der Waals surface area contributed by atoms with Crippen LogP contribution in [-0.2, 0) is 28.5 Å². The minimum atomic E-state index is -2.13. The molecule has 4 fully saturated rings.